The number of fused-ring (bicyclic) bond motifs is 15. The van der Waals surface area contributed by atoms with Gasteiger partial charge in [0.1, 0.15) is 5.75 Å². The third-order valence-corrected chi connectivity index (χ3v) is 12.0. The molecule has 3 heteroatoms. The summed E-state index contributed by atoms with van der Waals surface area (Å²) in [5.74, 6) is 1.78. The molecule has 0 N–H and O–H groups in total. The zero-order valence-electron chi connectivity index (χ0n) is 30.4. The highest BCUT2D eigenvalue weighted by Gasteiger charge is 2.51. The van der Waals surface area contributed by atoms with Gasteiger partial charge in [-0.2, -0.15) is 0 Å². The predicted molar refractivity (Wildman–Crippen MR) is 230 cm³/mol. The first-order chi connectivity index (χ1) is 27.8. The van der Waals surface area contributed by atoms with E-state index in [9.17, 15) is 0 Å². The van der Waals surface area contributed by atoms with Crippen molar-refractivity contribution in [3.05, 3.63) is 229 Å². The lowest BCUT2D eigenvalue weighted by Crippen LogP contribution is -2.32. The van der Waals surface area contributed by atoms with Crippen molar-refractivity contribution in [3.8, 4) is 28.3 Å². The lowest BCUT2D eigenvalue weighted by atomic mass is 9.66. The Bertz CT molecular complexity index is 3080. The van der Waals surface area contributed by atoms with E-state index in [1.807, 2.05) is 0 Å². The van der Waals surface area contributed by atoms with Gasteiger partial charge in [-0.05, 0) is 82.2 Å². The van der Waals surface area contributed by atoms with E-state index in [1.54, 1.807) is 0 Å². The molecular weight excluding hydrogens is 681 g/mol. The Morgan fingerprint density at radius 3 is 1.61 bits per heavy atom. The van der Waals surface area contributed by atoms with Crippen molar-refractivity contribution in [1.29, 1.82) is 0 Å². The molecule has 0 atom stereocenters. The molecule has 1 aliphatic heterocycles. The molecule has 2 aliphatic rings. The van der Waals surface area contributed by atoms with Crippen LogP contribution in [0.15, 0.2) is 206 Å². The molecule has 1 spiro atoms. The summed E-state index contributed by atoms with van der Waals surface area (Å²) in [6, 6.07) is 74.6. The lowest BCUT2D eigenvalue weighted by molar-refractivity contribution is 0.440. The predicted octanol–water partition coefficient (Wildman–Crippen LogP) is 13.9. The fourth-order valence-corrected chi connectivity index (χ4v) is 9.78. The molecule has 1 aliphatic carbocycles. The smallest absolute Gasteiger partial charge is 0.156 e. The Hall–Kier alpha value is -7.36. The van der Waals surface area contributed by atoms with E-state index in [0.717, 1.165) is 50.7 Å². The number of para-hydroxylation sites is 3. The van der Waals surface area contributed by atoms with Crippen LogP contribution in [-0.2, 0) is 5.41 Å². The SMILES string of the molecule is c1ccc(N(c2ccccc2)c2ccc(-n3c4c5c(ccc4c4ccc6ccccc6c43)C3(c4ccccc4O5)c4ccccc4-c4ccccc43)cc2)cc1. The van der Waals surface area contributed by atoms with Crippen LogP contribution < -0.4 is 9.64 Å². The Morgan fingerprint density at radius 1 is 0.375 bits per heavy atom. The molecule has 10 aromatic rings. The second-order valence-corrected chi connectivity index (χ2v) is 14.8. The zero-order valence-corrected chi connectivity index (χ0v) is 30.4. The molecule has 0 amide bonds. The summed E-state index contributed by atoms with van der Waals surface area (Å²) >= 11 is 0. The van der Waals surface area contributed by atoms with E-state index in [2.05, 4.69) is 216 Å². The van der Waals surface area contributed by atoms with Gasteiger partial charge in [-0.1, -0.05) is 152 Å². The Balaban J connectivity index is 1.17. The van der Waals surface area contributed by atoms with Crippen LogP contribution in [0.2, 0.25) is 0 Å². The topological polar surface area (TPSA) is 17.4 Å². The van der Waals surface area contributed by atoms with E-state index < -0.39 is 5.41 Å². The highest BCUT2D eigenvalue weighted by molar-refractivity contribution is 6.20. The van der Waals surface area contributed by atoms with Gasteiger partial charge in [0, 0.05) is 50.0 Å². The maximum absolute atomic E-state index is 7.26. The molecule has 1 aromatic heterocycles. The van der Waals surface area contributed by atoms with Gasteiger partial charge < -0.3 is 14.2 Å². The number of hydrogen-bond donors (Lipinski definition) is 0. The molecule has 0 saturated heterocycles. The molecule has 9 aromatic carbocycles. The van der Waals surface area contributed by atoms with Crippen LogP contribution in [0.1, 0.15) is 22.3 Å². The number of ether oxygens (including phenoxy) is 1. The van der Waals surface area contributed by atoms with Crippen LogP contribution in [0.4, 0.5) is 17.1 Å². The van der Waals surface area contributed by atoms with Crippen molar-refractivity contribution in [1.82, 2.24) is 4.57 Å². The minimum atomic E-state index is -0.551. The van der Waals surface area contributed by atoms with Crippen LogP contribution in [-0.4, -0.2) is 4.57 Å². The number of anilines is 3. The average Bonchev–Trinajstić information content (AvgIpc) is 3.77. The van der Waals surface area contributed by atoms with Crippen molar-refractivity contribution in [3.63, 3.8) is 0 Å². The molecule has 0 unspecified atom stereocenters. The fourth-order valence-electron chi connectivity index (χ4n) is 9.78. The number of nitrogens with zero attached hydrogens (tertiary/aromatic N) is 2. The summed E-state index contributed by atoms with van der Waals surface area (Å²) in [7, 11) is 0. The van der Waals surface area contributed by atoms with Gasteiger partial charge in [-0.3, -0.25) is 0 Å². The van der Waals surface area contributed by atoms with Crippen molar-refractivity contribution >= 4 is 49.6 Å². The maximum atomic E-state index is 7.26. The van der Waals surface area contributed by atoms with Crippen molar-refractivity contribution in [2.24, 2.45) is 0 Å². The molecule has 0 radical (unpaired) electrons. The van der Waals surface area contributed by atoms with Crippen molar-refractivity contribution in [2.75, 3.05) is 4.90 Å². The van der Waals surface area contributed by atoms with Gasteiger partial charge in [0.2, 0.25) is 0 Å². The summed E-state index contributed by atoms with van der Waals surface area (Å²) < 4.78 is 9.72. The number of rotatable bonds is 4. The molecule has 3 nitrogen and oxygen atoms in total. The molecule has 56 heavy (non-hydrogen) atoms. The number of aromatic nitrogens is 1. The standard InChI is InChI=1S/C53H34N2O/c1-3-16-36(17-4-1)54(37-18-5-2-6-19-37)38-28-30-39(31-29-38)55-50-40-20-8-7-15-35(40)27-32-43(50)44-33-34-48-52(51(44)55)56-49-26-14-13-25-47(49)53(48)45-23-11-9-21-41(45)42-22-10-12-24-46(42)53/h1-34H. The van der Waals surface area contributed by atoms with E-state index in [1.165, 1.54) is 49.5 Å². The Kier molecular flexibility index (Phi) is 6.55. The Labute approximate surface area is 324 Å². The van der Waals surface area contributed by atoms with E-state index in [-0.39, 0.29) is 0 Å². The first-order valence-electron chi connectivity index (χ1n) is 19.3. The second kappa shape index (κ2) is 11.8. The van der Waals surface area contributed by atoms with Gasteiger partial charge in [0.25, 0.3) is 0 Å². The van der Waals surface area contributed by atoms with E-state index in [4.69, 9.17) is 4.74 Å². The van der Waals surface area contributed by atoms with Crippen LogP contribution in [0.25, 0.3) is 49.4 Å². The highest BCUT2D eigenvalue weighted by atomic mass is 16.5. The second-order valence-electron chi connectivity index (χ2n) is 14.8. The number of benzene rings is 9. The molecule has 0 fully saturated rings. The quantitative estimate of drug-likeness (QED) is 0.181. The number of hydrogen-bond acceptors (Lipinski definition) is 2. The normalized spacial score (nSPS) is 13.3. The first-order valence-corrected chi connectivity index (χ1v) is 19.3. The van der Waals surface area contributed by atoms with Gasteiger partial charge in [-0.15, -0.1) is 0 Å². The van der Waals surface area contributed by atoms with Gasteiger partial charge in [-0.25, -0.2) is 0 Å². The Morgan fingerprint density at radius 2 is 0.911 bits per heavy atom. The maximum Gasteiger partial charge on any atom is 0.156 e. The van der Waals surface area contributed by atoms with Crippen molar-refractivity contribution in [2.45, 2.75) is 5.41 Å². The summed E-state index contributed by atoms with van der Waals surface area (Å²) in [6.45, 7) is 0. The van der Waals surface area contributed by atoms with Gasteiger partial charge in [0.15, 0.2) is 5.75 Å². The third-order valence-electron chi connectivity index (χ3n) is 12.0. The minimum Gasteiger partial charge on any atom is -0.454 e. The van der Waals surface area contributed by atoms with E-state index in [0.29, 0.717) is 0 Å². The lowest BCUT2D eigenvalue weighted by Gasteiger charge is -2.39. The summed E-state index contributed by atoms with van der Waals surface area (Å²) in [6.07, 6.45) is 0. The third kappa shape index (κ3) is 4.17. The van der Waals surface area contributed by atoms with Crippen LogP contribution in [0.5, 0.6) is 11.5 Å². The fraction of sp³-hybridized carbons (Fsp3) is 0.0189. The van der Waals surface area contributed by atoms with Crippen LogP contribution >= 0.6 is 0 Å². The molecule has 262 valence electrons. The largest absolute Gasteiger partial charge is 0.454 e. The molecule has 0 saturated carbocycles. The molecule has 12 rings (SSSR count). The van der Waals surface area contributed by atoms with E-state index >= 15 is 0 Å². The molecule has 2 heterocycles. The molecular formula is C53H34N2O. The highest BCUT2D eigenvalue weighted by Crippen LogP contribution is 2.63. The summed E-state index contributed by atoms with van der Waals surface area (Å²) in [5.41, 5.74) is 13.5. The monoisotopic (exact) mass is 714 g/mol. The average molecular weight is 715 g/mol. The molecule has 0 bridgehead atoms. The first kappa shape index (κ1) is 31.0. The van der Waals surface area contributed by atoms with Crippen molar-refractivity contribution < 1.29 is 4.74 Å². The van der Waals surface area contributed by atoms with Crippen LogP contribution in [0.3, 0.4) is 0 Å². The van der Waals surface area contributed by atoms with Gasteiger partial charge >= 0.3 is 0 Å². The summed E-state index contributed by atoms with van der Waals surface area (Å²) in [4.78, 5) is 2.31. The zero-order chi connectivity index (χ0) is 36.8. The minimum absolute atomic E-state index is 0.551. The van der Waals surface area contributed by atoms with Crippen LogP contribution in [0, 0.1) is 0 Å². The van der Waals surface area contributed by atoms with Gasteiger partial charge in [0.05, 0.1) is 16.4 Å². The summed E-state index contributed by atoms with van der Waals surface area (Å²) in [5, 5.41) is 4.77.